The fraction of sp³-hybridized carbons (Fsp3) is 0.478. The number of hydrogen-bond donors (Lipinski definition) is 2. The maximum Gasteiger partial charge on any atom is 0.229 e. The first-order valence-corrected chi connectivity index (χ1v) is 11.5. The monoisotopic (exact) mass is 451 g/mol. The Kier molecular flexibility index (Phi) is 5.84. The molecule has 0 bridgehead atoms. The van der Waals surface area contributed by atoms with Crippen LogP contribution < -0.4 is 20.4 Å². The average molecular weight is 452 g/mol. The lowest BCUT2D eigenvalue weighted by atomic mass is 9.99. The third-order valence-electron chi connectivity index (χ3n) is 6.26. The fourth-order valence-electron chi connectivity index (χ4n) is 4.74. The smallest absolute Gasteiger partial charge is 0.229 e. The van der Waals surface area contributed by atoms with Crippen LogP contribution in [0.4, 0.5) is 27.7 Å². The highest BCUT2D eigenvalue weighted by molar-refractivity contribution is 5.57. The zero-order chi connectivity index (χ0) is 22.9. The number of pyridine rings is 1. The van der Waals surface area contributed by atoms with Gasteiger partial charge in [0, 0.05) is 64.0 Å². The van der Waals surface area contributed by atoms with Crippen molar-refractivity contribution in [2.75, 3.05) is 47.8 Å². The highest BCUT2D eigenvalue weighted by Crippen LogP contribution is 2.30. The summed E-state index contributed by atoms with van der Waals surface area (Å²) in [5.41, 5.74) is 4.24. The van der Waals surface area contributed by atoms with E-state index in [1.54, 1.807) is 6.20 Å². The Balaban J connectivity index is 1.34. The molecule has 3 aromatic heterocycles. The molecule has 1 fully saturated rings. The van der Waals surface area contributed by atoms with Gasteiger partial charge in [0.15, 0.2) is 11.6 Å². The van der Waals surface area contributed by atoms with Crippen molar-refractivity contribution < 1.29 is 4.39 Å². The third-order valence-corrected chi connectivity index (χ3v) is 6.26. The van der Waals surface area contributed by atoms with Gasteiger partial charge in [0.05, 0.1) is 23.8 Å². The summed E-state index contributed by atoms with van der Waals surface area (Å²) in [6.45, 7) is 9.37. The number of aryl methyl sites for hydroxylation is 1. The van der Waals surface area contributed by atoms with Crippen LogP contribution in [-0.4, -0.2) is 57.5 Å². The van der Waals surface area contributed by atoms with E-state index in [0.29, 0.717) is 30.8 Å². The van der Waals surface area contributed by atoms with Crippen LogP contribution in [0.2, 0.25) is 0 Å². The first kappa shape index (κ1) is 21.6. The van der Waals surface area contributed by atoms with Gasteiger partial charge in [0.25, 0.3) is 0 Å². The SMILES string of the molecule is CC(C)c1c2c(nn1C)CCN(c1nc(Nc3ccc(N4CCNCC4)nc3)ncc1F)C2. The molecular weight excluding hydrogens is 421 g/mol. The minimum atomic E-state index is -0.425. The number of aromatic nitrogens is 5. The molecule has 1 saturated heterocycles. The topological polar surface area (TPSA) is 87.0 Å². The van der Waals surface area contributed by atoms with Crippen LogP contribution >= 0.6 is 0 Å². The number of nitrogens with one attached hydrogen (secondary N) is 2. The van der Waals surface area contributed by atoms with Gasteiger partial charge in [-0.25, -0.2) is 14.4 Å². The molecule has 5 heterocycles. The van der Waals surface area contributed by atoms with Gasteiger partial charge in [0.2, 0.25) is 5.95 Å². The lowest BCUT2D eigenvalue weighted by Crippen LogP contribution is -2.43. The second-order valence-corrected chi connectivity index (χ2v) is 8.89. The maximum absolute atomic E-state index is 14.8. The van der Waals surface area contributed by atoms with Gasteiger partial charge in [-0.05, 0) is 18.1 Å². The van der Waals surface area contributed by atoms with E-state index < -0.39 is 5.82 Å². The Morgan fingerprint density at radius 2 is 1.88 bits per heavy atom. The predicted octanol–water partition coefficient (Wildman–Crippen LogP) is 2.58. The lowest BCUT2D eigenvalue weighted by Gasteiger charge is -2.29. The Labute approximate surface area is 193 Å². The Bertz CT molecular complexity index is 1120. The molecule has 0 spiro atoms. The van der Waals surface area contributed by atoms with Crippen molar-refractivity contribution in [3.63, 3.8) is 0 Å². The van der Waals surface area contributed by atoms with Crippen molar-refractivity contribution in [1.82, 2.24) is 30.0 Å². The van der Waals surface area contributed by atoms with E-state index >= 15 is 0 Å². The Hall–Kier alpha value is -3.27. The normalized spacial score (nSPS) is 16.3. The van der Waals surface area contributed by atoms with E-state index in [2.05, 4.69) is 49.4 Å². The van der Waals surface area contributed by atoms with Crippen LogP contribution in [0.1, 0.15) is 36.7 Å². The number of hydrogen-bond acceptors (Lipinski definition) is 8. The molecule has 10 heteroatoms. The van der Waals surface area contributed by atoms with Crippen molar-refractivity contribution in [3.8, 4) is 0 Å². The van der Waals surface area contributed by atoms with Crippen LogP contribution in [0.25, 0.3) is 0 Å². The van der Waals surface area contributed by atoms with Gasteiger partial charge >= 0.3 is 0 Å². The van der Waals surface area contributed by atoms with Crippen molar-refractivity contribution >= 4 is 23.3 Å². The molecule has 0 radical (unpaired) electrons. The minimum absolute atomic E-state index is 0.308. The van der Waals surface area contributed by atoms with Crippen molar-refractivity contribution in [2.45, 2.75) is 32.7 Å². The number of rotatable bonds is 5. The maximum atomic E-state index is 14.8. The first-order valence-electron chi connectivity index (χ1n) is 11.5. The molecule has 0 saturated carbocycles. The number of halogens is 1. The van der Waals surface area contributed by atoms with E-state index in [-0.39, 0.29) is 0 Å². The number of nitrogens with zero attached hydrogens (tertiary/aromatic N) is 7. The molecule has 0 amide bonds. The summed E-state index contributed by atoms with van der Waals surface area (Å²) in [6, 6.07) is 3.94. The fourth-order valence-corrected chi connectivity index (χ4v) is 4.74. The molecule has 174 valence electrons. The second-order valence-electron chi connectivity index (χ2n) is 8.89. The zero-order valence-corrected chi connectivity index (χ0v) is 19.3. The van der Waals surface area contributed by atoms with Gasteiger partial charge in [-0.15, -0.1) is 0 Å². The van der Waals surface area contributed by atoms with Gasteiger partial charge in [-0.3, -0.25) is 4.68 Å². The van der Waals surface area contributed by atoms with Crippen LogP contribution in [0.15, 0.2) is 24.5 Å². The molecule has 0 aliphatic carbocycles. The van der Waals surface area contributed by atoms with E-state index in [1.165, 1.54) is 17.5 Å². The number of piperazine rings is 1. The van der Waals surface area contributed by atoms with Crippen LogP contribution in [0.5, 0.6) is 0 Å². The summed E-state index contributed by atoms with van der Waals surface area (Å²) in [6.07, 6.45) is 3.76. The second kappa shape index (κ2) is 8.93. The summed E-state index contributed by atoms with van der Waals surface area (Å²) >= 11 is 0. The molecule has 5 rings (SSSR count). The van der Waals surface area contributed by atoms with Gasteiger partial charge in [-0.1, -0.05) is 13.8 Å². The number of anilines is 4. The summed E-state index contributed by atoms with van der Waals surface area (Å²) in [7, 11) is 1.98. The zero-order valence-electron chi connectivity index (χ0n) is 19.3. The largest absolute Gasteiger partial charge is 0.354 e. The molecule has 2 aliphatic heterocycles. The average Bonchev–Trinajstić information content (AvgIpc) is 3.16. The van der Waals surface area contributed by atoms with Crippen molar-refractivity contribution in [1.29, 1.82) is 0 Å². The quantitative estimate of drug-likeness (QED) is 0.612. The van der Waals surface area contributed by atoms with Crippen LogP contribution in [0, 0.1) is 5.82 Å². The summed E-state index contributed by atoms with van der Waals surface area (Å²) in [5, 5.41) is 11.2. The minimum Gasteiger partial charge on any atom is -0.354 e. The molecule has 0 aromatic carbocycles. The molecule has 2 aliphatic rings. The van der Waals surface area contributed by atoms with Crippen molar-refractivity contribution in [2.24, 2.45) is 7.05 Å². The summed E-state index contributed by atoms with van der Waals surface area (Å²) in [4.78, 5) is 17.5. The van der Waals surface area contributed by atoms with E-state index in [4.69, 9.17) is 0 Å². The Morgan fingerprint density at radius 1 is 1.06 bits per heavy atom. The Morgan fingerprint density at radius 3 is 2.61 bits per heavy atom. The molecule has 33 heavy (non-hydrogen) atoms. The third kappa shape index (κ3) is 4.35. The van der Waals surface area contributed by atoms with E-state index in [9.17, 15) is 4.39 Å². The molecule has 0 unspecified atom stereocenters. The number of fused-ring (bicyclic) bond motifs is 1. The van der Waals surface area contributed by atoms with Crippen LogP contribution in [-0.2, 0) is 20.0 Å². The first-order chi connectivity index (χ1) is 16.0. The standard InChI is InChI=1S/C23H30FN9/c1-15(2)21-17-14-33(9-6-19(17)30-31(21)3)22-18(24)13-27-23(29-22)28-16-4-5-20(26-12-16)32-10-7-25-8-11-32/h4-5,12-13,15,25H,6-11,14H2,1-3H3,(H,27,28,29). The van der Waals surface area contributed by atoms with Gasteiger partial charge in [0.1, 0.15) is 5.82 Å². The molecule has 0 atom stereocenters. The van der Waals surface area contributed by atoms with Crippen molar-refractivity contribution in [3.05, 3.63) is 47.3 Å². The van der Waals surface area contributed by atoms with E-state index in [0.717, 1.165) is 49.8 Å². The predicted molar refractivity (Wildman–Crippen MR) is 127 cm³/mol. The summed E-state index contributed by atoms with van der Waals surface area (Å²) < 4.78 is 16.7. The molecule has 9 nitrogen and oxygen atoms in total. The molecular formula is C23H30FN9. The molecule has 3 aromatic rings. The highest BCUT2D eigenvalue weighted by atomic mass is 19.1. The summed E-state index contributed by atoms with van der Waals surface area (Å²) in [5.74, 6) is 1.53. The van der Waals surface area contributed by atoms with Gasteiger partial charge < -0.3 is 20.4 Å². The highest BCUT2D eigenvalue weighted by Gasteiger charge is 2.27. The lowest BCUT2D eigenvalue weighted by molar-refractivity contribution is 0.585. The van der Waals surface area contributed by atoms with Gasteiger partial charge in [-0.2, -0.15) is 10.1 Å². The van der Waals surface area contributed by atoms with Crippen LogP contribution in [0.3, 0.4) is 0 Å². The molecule has 2 N–H and O–H groups in total. The van der Waals surface area contributed by atoms with E-state index in [1.807, 2.05) is 28.8 Å².